The first kappa shape index (κ1) is 16.2. The first-order valence-corrected chi connectivity index (χ1v) is 7.31. The van der Waals surface area contributed by atoms with Gasteiger partial charge >= 0.3 is 0 Å². The number of benzene rings is 1. The minimum absolute atomic E-state index is 0.0753. The third-order valence-corrected chi connectivity index (χ3v) is 3.70. The van der Waals surface area contributed by atoms with E-state index in [4.69, 9.17) is 4.74 Å². The lowest BCUT2D eigenvalue weighted by Crippen LogP contribution is -2.39. The van der Waals surface area contributed by atoms with Gasteiger partial charge in [-0.1, -0.05) is 31.2 Å². The van der Waals surface area contributed by atoms with Gasteiger partial charge in [0.15, 0.2) is 0 Å². The van der Waals surface area contributed by atoms with Gasteiger partial charge < -0.3 is 10.1 Å². The van der Waals surface area contributed by atoms with E-state index in [1.54, 1.807) is 7.11 Å². The molecule has 0 spiro atoms. The van der Waals surface area contributed by atoms with Gasteiger partial charge in [-0.15, -0.1) is 0 Å². The van der Waals surface area contributed by atoms with Crippen LogP contribution in [0.3, 0.4) is 0 Å². The summed E-state index contributed by atoms with van der Waals surface area (Å²) < 4.78 is 5.58. The maximum Gasteiger partial charge on any atom is 0.0637 e. The Hall–Kier alpha value is -0.860. The molecule has 0 aliphatic heterocycles. The van der Waals surface area contributed by atoms with Crippen molar-refractivity contribution in [2.45, 2.75) is 58.6 Å². The van der Waals surface area contributed by atoms with Crippen LogP contribution in [0.25, 0.3) is 0 Å². The second kappa shape index (κ2) is 7.66. The fourth-order valence-corrected chi connectivity index (χ4v) is 2.35. The summed E-state index contributed by atoms with van der Waals surface area (Å²) in [7, 11) is 1.80. The van der Waals surface area contributed by atoms with E-state index in [1.807, 2.05) is 0 Å². The van der Waals surface area contributed by atoms with Crippen molar-refractivity contribution in [3.05, 3.63) is 35.4 Å². The van der Waals surface area contributed by atoms with Gasteiger partial charge in [0.05, 0.1) is 5.60 Å². The molecule has 19 heavy (non-hydrogen) atoms. The quantitative estimate of drug-likeness (QED) is 0.772. The molecule has 0 aliphatic carbocycles. The van der Waals surface area contributed by atoms with Crippen LogP contribution in [0, 0.1) is 6.92 Å². The molecule has 0 saturated heterocycles. The number of hydrogen-bond donors (Lipinski definition) is 1. The summed E-state index contributed by atoms with van der Waals surface area (Å²) in [5.41, 5.74) is 2.73. The second-order valence-corrected chi connectivity index (χ2v) is 5.95. The number of rotatable bonds is 8. The predicted molar refractivity (Wildman–Crippen MR) is 82.7 cm³/mol. The van der Waals surface area contributed by atoms with Crippen LogP contribution in [-0.2, 0) is 11.2 Å². The lowest BCUT2D eigenvalue weighted by molar-refractivity contribution is 0.00713. The van der Waals surface area contributed by atoms with E-state index in [0.29, 0.717) is 6.04 Å². The van der Waals surface area contributed by atoms with E-state index in [1.165, 1.54) is 11.1 Å². The van der Waals surface area contributed by atoms with Crippen molar-refractivity contribution in [2.24, 2.45) is 0 Å². The van der Waals surface area contributed by atoms with Gasteiger partial charge in [0, 0.05) is 13.2 Å². The summed E-state index contributed by atoms with van der Waals surface area (Å²) in [5, 5.41) is 3.66. The van der Waals surface area contributed by atoms with Crippen molar-refractivity contribution in [1.29, 1.82) is 0 Å². The van der Waals surface area contributed by atoms with E-state index in [2.05, 4.69) is 57.3 Å². The molecule has 1 rings (SSSR count). The molecule has 0 aromatic heterocycles. The minimum atomic E-state index is -0.0753. The minimum Gasteiger partial charge on any atom is -0.379 e. The van der Waals surface area contributed by atoms with Crippen molar-refractivity contribution in [1.82, 2.24) is 5.32 Å². The van der Waals surface area contributed by atoms with Gasteiger partial charge in [0.1, 0.15) is 0 Å². The Kier molecular flexibility index (Phi) is 6.53. The summed E-state index contributed by atoms with van der Waals surface area (Å²) in [4.78, 5) is 0. The molecule has 1 aromatic carbocycles. The van der Waals surface area contributed by atoms with Crippen LogP contribution in [0.5, 0.6) is 0 Å². The molecule has 1 aromatic rings. The highest BCUT2D eigenvalue weighted by Crippen LogP contribution is 2.19. The van der Waals surface area contributed by atoms with E-state index in [9.17, 15) is 0 Å². The Labute approximate surface area is 118 Å². The zero-order valence-electron chi connectivity index (χ0n) is 13.1. The Morgan fingerprint density at radius 1 is 1.26 bits per heavy atom. The molecule has 1 unspecified atom stereocenters. The lowest BCUT2D eigenvalue weighted by Gasteiger charge is -2.29. The summed E-state index contributed by atoms with van der Waals surface area (Å²) in [6, 6.07) is 9.12. The number of methoxy groups -OCH3 is 1. The van der Waals surface area contributed by atoms with Gasteiger partial charge in [-0.2, -0.15) is 0 Å². The zero-order valence-corrected chi connectivity index (χ0v) is 13.1. The van der Waals surface area contributed by atoms with Gasteiger partial charge in [0.25, 0.3) is 0 Å². The van der Waals surface area contributed by atoms with Crippen LogP contribution >= 0.6 is 0 Å². The molecule has 0 bridgehead atoms. The summed E-state index contributed by atoms with van der Waals surface area (Å²) in [6.07, 6.45) is 3.26. The molecule has 2 heteroatoms. The summed E-state index contributed by atoms with van der Waals surface area (Å²) in [6.45, 7) is 9.78. The standard InChI is InChI=1S/C17H29NO/c1-6-11-18-16(13-17(3,4)19-5)12-15-10-8-7-9-14(15)2/h7-10,16,18H,6,11-13H2,1-5H3. The Morgan fingerprint density at radius 3 is 2.53 bits per heavy atom. The van der Waals surface area contributed by atoms with Crippen molar-refractivity contribution >= 4 is 0 Å². The number of nitrogens with one attached hydrogen (secondary N) is 1. The first-order valence-electron chi connectivity index (χ1n) is 7.31. The molecule has 2 nitrogen and oxygen atoms in total. The van der Waals surface area contributed by atoms with Gasteiger partial charge in [-0.05, 0) is 57.7 Å². The topological polar surface area (TPSA) is 21.3 Å². The molecule has 0 saturated carbocycles. The Morgan fingerprint density at radius 2 is 1.95 bits per heavy atom. The van der Waals surface area contributed by atoms with Crippen LogP contribution < -0.4 is 5.32 Å². The number of aryl methyl sites for hydroxylation is 1. The smallest absolute Gasteiger partial charge is 0.0637 e. The molecule has 108 valence electrons. The Balaban J connectivity index is 2.71. The van der Waals surface area contributed by atoms with Gasteiger partial charge in [-0.25, -0.2) is 0 Å². The van der Waals surface area contributed by atoms with Gasteiger partial charge in [-0.3, -0.25) is 0 Å². The molecular formula is C17H29NO. The summed E-state index contributed by atoms with van der Waals surface area (Å²) >= 11 is 0. The molecule has 1 atom stereocenters. The van der Waals surface area contributed by atoms with Crippen molar-refractivity contribution in [3.63, 3.8) is 0 Å². The predicted octanol–water partition coefficient (Wildman–Crippen LogP) is 3.72. The van der Waals surface area contributed by atoms with Crippen molar-refractivity contribution < 1.29 is 4.74 Å². The highest BCUT2D eigenvalue weighted by molar-refractivity contribution is 5.26. The largest absolute Gasteiger partial charge is 0.379 e. The first-order chi connectivity index (χ1) is 8.98. The highest BCUT2D eigenvalue weighted by Gasteiger charge is 2.22. The maximum absolute atomic E-state index is 5.58. The van der Waals surface area contributed by atoms with Crippen LogP contribution in [0.2, 0.25) is 0 Å². The van der Waals surface area contributed by atoms with E-state index in [-0.39, 0.29) is 5.60 Å². The monoisotopic (exact) mass is 263 g/mol. The van der Waals surface area contributed by atoms with E-state index >= 15 is 0 Å². The average molecular weight is 263 g/mol. The maximum atomic E-state index is 5.58. The SMILES string of the molecule is CCCNC(Cc1ccccc1C)CC(C)(C)OC. The van der Waals surface area contributed by atoms with E-state index in [0.717, 1.165) is 25.8 Å². The highest BCUT2D eigenvalue weighted by atomic mass is 16.5. The fourth-order valence-electron chi connectivity index (χ4n) is 2.35. The van der Waals surface area contributed by atoms with Gasteiger partial charge in [0.2, 0.25) is 0 Å². The zero-order chi connectivity index (χ0) is 14.3. The molecule has 0 aliphatic rings. The van der Waals surface area contributed by atoms with Crippen LogP contribution in [-0.4, -0.2) is 25.3 Å². The number of hydrogen-bond acceptors (Lipinski definition) is 2. The molecule has 1 N–H and O–H groups in total. The fraction of sp³-hybridized carbons (Fsp3) is 0.647. The van der Waals surface area contributed by atoms with Crippen molar-refractivity contribution in [3.8, 4) is 0 Å². The molecule has 0 radical (unpaired) electrons. The molecular weight excluding hydrogens is 234 g/mol. The summed E-state index contributed by atoms with van der Waals surface area (Å²) in [5.74, 6) is 0. The second-order valence-electron chi connectivity index (χ2n) is 5.95. The van der Waals surface area contributed by atoms with E-state index < -0.39 is 0 Å². The number of ether oxygens (including phenoxy) is 1. The third kappa shape index (κ3) is 5.75. The van der Waals surface area contributed by atoms with Crippen LogP contribution in [0.4, 0.5) is 0 Å². The third-order valence-electron chi connectivity index (χ3n) is 3.70. The van der Waals surface area contributed by atoms with Crippen LogP contribution in [0.1, 0.15) is 44.7 Å². The normalized spacial score (nSPS) is 13.5. The Bertz CT molecular complexity index is 373. The van der Waals surface area contributed by atoms with Crippen LogP contribution in [0.15, 0.2) is 24.3 Å². The molecule has 0 fully saturated rings. The lowest BCUT2D eigenvalue weighted by atomic mass is 9.92. The molecule has 0 amide bonds. The van der Waals surface area contributed by atoms with Crippen molar-refractivity contribution in [2.75, 3.05) is 13.7 Å². The average Bonchev–Trinajstić information content (AvgIpc) is 2.38. The molecule has 0 heterocycles.